The second kappa shape index (κ2) is 7.98. The van der Waals surface area contributed by atoms with E-state index in [9.17, 15) is 4.79 Å². The summed E-state index contributed by atoms with van der Waals surface area (Å²) in [5.74, 6) is 0.404. The van der Waals surface area contributed by atoms with E-state index >= 15 is 0 Å². The Kier molecular flexibility index (Phi) is 5.50. The smallest absolute Gasteiger partial charge is 0.275 e. The number of unbranched alkanes of at least 4 members (excludes halogenated alkanes) is 1. The van der Waals surface area contributed by atoms with Crippen LogP contribution in [-0.2, 0) is 6.54 Å². The van der Waals surface area contributed by atoms with Gasteiger partial charge in [-0.3, -0.25) is 4.79 Å². The number of aromatic nitrogens is 4. The summed E-state index contributed by atoms with van der Waals surface area (Å²) in [5.41, 5.74) is 1.22. The molecule has 6 nitrogen and oxygen atoms in total. The van der Waals surface area contributed by atoms with E-state index in [-0.39, 0.29) is 5.91 Å². The molecule has 0 spiro atoms. The Morgan fingerprint density at radius 2 is 1.96 bits per heavy atom. The zero-order chi connectivity index (χ0) is 17.6. The molecule has 0 fully saturated rings. The lowest BCUT2D eigenvalue weighted by Gasteiger charge is -2.10. The first-order valence-corrected chi connectivity index (χ1v) is 8.67. The monoisotopic (exact) mass is 357 g/mol. The number of amides is 1. The van der Waals surface area contributed by atoms with Crippen LogP contribution in [0.15, 0.2) is 48.8 Å². The molecule has 7 heteroatoms. The van der Waals surface area contributed by atoms with E-state index in [0.717, 1.165) is 18.4 Å². The zero-order valence-corrected chi connectivity index (χ0v) is 14.8. The van der Waals surface area contributed by atoms with Crippen molar-refractivity contribution in [1.82, 2.24) is 24.9 Å². The summed E-state index contributed by atoms with van der Waals surface area (Å²) in [4.78, 5) is 12.5. The van der Waals surface area contributed by atoms with Crippen molar-refractivity contribution in [2.75, 3.05) is 6.54 Å². The summed E-state index contributed by atoms with van der Waals surface area (Å²) in [6, 6.07) is 11.4. The van der Waals surface area contributed by atoms with E-state index < -0.39 is 0 Å². The van der Waals surface area contributed by atoms with Gasteiger partial charge in [-0.05, 0) is 30.2 Å². The number of nitrogens with one attached hydrogen (secondary N) is 1. The Hall–Kier alpha value is -2.60. The standard InChI is InChI=1S/C18H20ClN5O/c1-2-3-10-20-17(25)16-18(23-11-6-7-12-23)24(22-21-16)13-14-8-4-5-9-15(14)19/h4-9,11-12H,2-3,10,13H2,1H3,(H,20,25). The molecule has 1 amide bonds. The van der Waals surface area contributed by atoms with Crippen molar-refractivity contribution >= 4 is 17.5 Å². The fraction of sp³-hybridized carbons (Fsp3) is 0.278. The van der Waals surface area contributed by atoms with Gasteiger partial charge in [-0.25, -0.2) is 4.68 Å². The van der Waals surface area contributed by atoms with Gasteiger partial charge < -0.3 is 9.88 Å². The number of rotatable bonds is 7. The van der Waals surface area contributed by atoms with Crippen LogP contribution >= 0.6 is 11.6 Å². The third-order valence-electron chi connectivity index (χ3n) is 3.87. The molecule has 3 aromatic rings. The molecular formula is C18H20ClN5O. The van der Waals surface area contributed by atoms with Crippen molar-refractivity contribution in [3.63, 3.8) is 0 Å². The van der Waals surface area contributed by atoms with Gasteiger partial charge in [0.15, 0.2) is 11.5 Å². The van der Waals surface area contributed by atoms with E-state index in [1.54, 1.807) is 4.68 Å². The molecule has 0 aliphatic heterocycles. The molecule has 0 atom stereocenters. The summed E-state index contributed by atoms with van der Waals surface area (Å²) in [6.07, 6.45) is 5.68. The quantitative estimate of drug-likeness (QED) is 0.660. The van der Waals surface area contributed by atoms with Gasteiger partial charge in [0.25, 0.3) is 5.91 Å². The fourth-order valence-corrected chi connectivity index (χ4v) is 2.74. The number of benzene rings is 1. The molecule has 0 aliphatic carbocycles. The van der Waals surface area contributed by atoms with Gasteiger partial charge >= 0.3 is 0 Å². The highest BCUT2D eigenvalue weighted by Gasteiger charge is 2.21. The highest BCUT2D eigenvalue weighted by atomic mass is 35.5. The lowest BCUT2D eigenvalue weighted by molar-refractivity contribution is 0.0948. The van der Waals surface area contributed by atoms with Crippen LogP contribution in [0, 0.1) is 0 Å². The normalized spacial score (nSPS) is 10.8. The average molecular weight is 358 g/mol. The minimum atomic E-state index is -0.220. The molecule has 0 aliphatic rings. The van der Waals surface area contributed by atoms with Gasteiger partial charge in [-0.2, -0.15) is 0 Å². The van der Waals surface area contributed by atoms with Crippen LogP contribution in [0.4, 0.5) is 0 Å². The molecule has 2 heterocycles. The number of nitrogens with zero attached hydrogens (tertiary/aromatic N) is 4. The second-order valence-electron chi connectivity index (χ2n) is 5.71. The Morgan fingerprint density at radius 3 is 2.68 bits per heavy atom. The molecule has 0 bridgehead atoms. The fourth-order valence-electron chi connectivity index (χ4n) is 2.54. The first kappa shape index (κ1) is 17.2. The largest absolute Gasteiger partial charge is 0.351 e. The highest BCUT2D eigenvalue weighted by molar-refractivity contribution is 6.31. The topological polar surface area (TPSA) is 64.7 Å². The van der Waals surface area contributed by atoms with Gasteiger partial charge in [-0.15, -0.1) is 5.10 Å². The number of carbonyl (C=O) groups is 1. The van der Waals surface area contributed by atoms with Crippen LogP contribution in [0.2, 0.25) is 5.02 Å². The van der Waals surface area contributed by atoms with Crippen molar-refractivity contribution in [2.24, 2.45) is 0 Å². The molecule has 25 heavy (non-hydrogen) atoms. The average Bonchev–Trinajstić information content (AvgIpc) is 3.26. The van der Waals surface area contributed by atoms with Crippen LogP contribution in [0.25, 0.3) is 5.82 Å². The summed E-state index contributed by atoms with van der Waals surface area (Å²) >= 11 is 6.26. The van der Waals surface area contributed by atoms with Crippen molar-refractivity contribution in [1.29, 1.82) is 0 Å². The van der Waals surface area contributed by atoms with Gasteiger partial charge in [0.05, 0.1) is 6.54 Å². The van der Waals surface area contributed by atoms with E-state index in [2.05, 4.69) is 22.6 Å². The minimum absolute atomic E-state index is 0.220. The molecule has 2 aromatic heterocycles. The van der Waals surface area contributed by atoms with E-state index in [1.807, 2.05) is 53.4 Å². The molecule has 0 saturated carbocycles. The second-order valence-corrected chi connectivity index (χ2v) is 6.12. The third kappa shape index (κ3) is 3.91. The van der Waals surface area contributed by atoms with Crippen LogP contribution in [0.5, 0.6) is 0 Å². The summed E-state index contributed by atoms with van der Waals surface area (Å²) in [6.45, 7) is 3.14. The number of carbonyl (C=O) groups excluding carboxylic acids is 1. The maximum atomic E-state index is 12.5. The predicted octanol–water partition coefficient (Wildman–Crippen LogP) is 3.30. The zero-order valence-electron chi connectivity index (χ0n) is 14.0. The molecule has 130 valence electrons. The number of halogens is 1. The van der Waals surface area contributed by atoms with Crippen LogP contribution in [-0.4, -0.2) is 32.0 Å². The predicted molar refractivity (Wildman–Crippen MR) is 97.1 cm³/mol. The Morgan fingerprint density at radius 1 is 1.20 bits per heavy atom. The number of hydrogen-bond donors (Lipinski definition) is 1. The van der Waals surface area contributed by atoms with Gasteiger partial charge in [0.2, 0.25) is 0 Å². The molecule has 3 rings (SSSR count). The van der Waals surface area contributed by atoms with Crippen molar-refractivity contribution in [3.05, 3.63) is 65.1 Å². The Balaban J connectivity index is 1.94. The van der Waals surface area contributed by atoms with E-state index in [0.29, 0.717) is 29.6 Å². The summed E-state index contributed by atoms with van der Waals surface area (Å²) in [5, 5.41) is 11.9. The maximum Gasteiger partial charge on any atom is 0.275 e. The minimum Gasteiger partial charge on any atom is -0.351 e. The van der Waals surface area contributed by atoms with Crippen LogP contribution in [0.3, 0.4) is 0 Å². The lowest BCUT2D eigenvalue weighted by atomic mass is 10.2. The lowest BCUT2D eigenvalue weighted by Crippen LogP contribution is -2.26. The van der Waals surface area contributed by atoms with Crippen molar-refractivity contribution < 1.29 is 4.79 Å². The first-order valence-electron chi connectivity index (χ1n) is 8.29. The van der Waals surface area contributed by atoms with E-state index in [4.69, 9.17) is 11.6 Å². The van der Waals surface area contributed by atoms with Crippen molar-refractivity contribution in [2.45, 2.75) is 26.3 Å². The summed E-state index contributed by atoms with van der Waals surface area (Å²) < 4.78 is 3.53. The highest BCUT2D eigenvalue weighted by Crippen LogP contribution is 2.19. The SMILES string of the molecule is CCCCNC(=O)c1nnn(Cc2ccccc2Cl)c1-n1cccc1. The Bertz CT molecular complexity index is 841. The number of hydrogen-bond acceptors (Lipinski definition) is 3. The third-order valence-corrected chi connectivity index (χ3v) is 4.24. The summed E-state index contributed by atoms with van der Waals surface area (Å²) in [7, 11) is 0. The van der Waals surface area contributed by atoms with Gasteiger partial charge in [-0.1, -0.05) is 48.4 Å². The molecule has 0 unspecified atom stereocenters. The molecule has 1 aromatic carbocycles. The molecular weight excluding hydrogens is 338 g/mol. The van der Waals surface area contributed by atoms with Crippen LogP contribution in [0.1, 0.15) is 35.8 Å². The van der Waals surface area contributed by atoms with Crippen molar-refractivity contribution in [3.8, 4) is 5.82 Å². The molecule has 0 radical (unpaired) electrons. The van der Waals surface area contributed by atoms with Gasteiger partial charge in [0.1, 0.15) is 0 Å². The molecule has 0 saturated heterocycles. The molecule has 1 N–H and O–H groups in total. The van der Waals surface area contributed by atoms with Crippen LogP contribution < -0.4 is 5.32 Å². The Labute approximate surface area is 151 Å². The van der Waals surface area contributed by atoms with E-state index in [1.165, 1.54) is 0 Å². The maximum absolute atomic E-state index is 12.5. The first-order chi connectivity index (χ1) is 12.2. The van der Waals surface area contributed by atoms with Gasteiger partial charge in [0, 0.05) is 24.0 Å².